The lowest BCUT2D eigenvalue weighted by molar-refractivity contribution is -0.133. The number of hydrogen-bond acceptors (Lipinski definition) is 5. The van der Waals surface area contributed by atoms with Crippen LogP contribution >= 0.6 is 0 Å². The van der Waals surface area contributed by atoms with Crippen molar-refractivity contribution < 1.29 is 9.53 Å². The standard InChI is InChI=1S/C13H22N4O2/c1-10(2)17-12(15-9-16-17)7-11(18)13(8-14)3-5-19-6-4-13/h9-10H,3-8,14H2,1-2H3. The molecule has 6 nitrogen and oxygen atoms in total. The van der Waals surface area contributed by atoms with E-state index in [4.69, 9.17) is 10.5 Å². The average molecular weight is 266 g/mol. The van der Waals surface area contributed by atoms with E-state index < -0.39 is 5.41 Å². The summed E-state index contributed by atoms with van der Waals surface area (Å²) < 4.78 is 7.13. The molecular weight excluding hydrogens is 244 g/mol. The average Bonchev–Trinajstić information content (AvgIpc) is 2.87. The van der Waals surface area contributed by atoms with Crippen LogP contribution in [-0.2, 0) is 16.0 Å². The second kappa shape index (κ2) is 5.79. The van der Waals surface area contributed by atoms with Crippen LogP contribution < -0.4 is 5.73 Å². The highest BCUT2D eigenvalue weighted by Gasteiger charge is 2.38. The minimum Gasteiger partial charge on any atom is -0.381 e. The Morgan fingerprint density at radius 1 is 1.53 bits per heavy atom. The predicted octanol–water partition coefficient (Wildman–Crippen LogP) is 0.726. The van der Waals surface area contributed by atoms with E-state index in [9.17, 15) is 4.79 Å². The van der Waals surface area contributed by atoms with Crippen molar-refractivity contribution in [2.75, 3.05) is 19.8 Å². The second-order valence-electron chi connectivity index (χ2n) is 5.41. The molecule has 19 heavy (non-hydrogen) atoms. The molecule has 0 aliphatic carbocycles. The fourth-order valence-corrected chi connectivity index (χ4v) is 2.52. The SMILES string of the molecule is CC(C)n1ncnc1CC(=O)C1(CN)CCOCC1. The van der Waals surface area contributed by atoms with Crippen LogP contribution in [0.5, 0.6) is 0 Å². The van der Waals surface area contributed by atoms with Gasteiger partial charge in [-0.15, -0.1) is 0 Å². The lowest BCUT2D eigenvalue weighted by Gasteiger charge is -2.34. The molecule has 0 spiro atoms. The van der Waals surface area contributed by atoms with Crippen molar-refractivity contribution in [3.05, 3.63) is 12.2 Å². The number of rotatable bonds is 5. The molecule has 0 unspecified atom stereocenters. The molecule has 1 aromatic heterocycles. The van der Waals surface area contributed by atoms with Crippen molar-refractivity contribution in [2.24, 2.45) is 11.1 Å². The topological polar surface area (TPSA) is 83.0 Å². The highest BCUT2D eigenvalue weighted by atomic mass is 16.5. The summed E-state index contributed by atoms with van der Waals surface area (Å²) in [4.78, 5) is 16.8. The molecule has 2 rings (SSSR count). The second-order valence-corrected chi connectivity index (χ2v) is 5.41. The quantitative estimate of drug-likeness (QED) is 0.849. The van der Waals surface area contributed by atoms with Gasteiger partial charge in [0.2, 0.25) is 0 Å². The molecule has 2 N–H and O–H groups in total. The van der Waals surface area contributed by atoms with Gasteiger partial charge < -0.3 is 10.5 Å². The Hall–Kier alpha value is -1.27. The summed E-state index contributed by atoms with van der Waals surface area (Å²) in [5.41, 5.74) is 5.41. The van der Waals surface area contributed by atoms with Gasteiger partial charge in [0.15, 0.2) is 0 Å². The Bertz CT molecular complexity index is 436. The minimum absolute atomic E-state index is 0.160. The summed E-state index contributed by atoms with van der Waals surface area (Å²) in [6.45, 7) is 5.65. The summed E-state index contributed by atoms with van der Waals surface area (Å²) >= 11 is 0. The van der Waals surface area contributed by atoms with Crippen LogP contribution in [0.25, 0.3) is 0 Å². The lowest BCUT2D eigenvalue weighted by atomic mass is 9.75. The van der Waals surface area contributed by atoms with Gasteiger partial charge in [0.1, 0.15) is 17.9 Å². The Morgan fingerprint density at radius 2 is 2.21 bits per heavy atom. The molecule has 0 saturated carbocycles. The van der Waals surface area contributed by atoms with Crippen molar-refractivity contribution in [3.8, 4) is 0 Å². The van der Waals surface area contributed by atoms with Gasteiger partial charge in [-0.2, -0.15) is 5.10 Å². The lowest BCUT2D eigenvalue weighted by Crippen LogP contribution is -2.44. The molecule has 2 heterocycles. The minimum atomic E-state index is -0.438. The fourth-order valence-electron chi connectivity index (χ4n) is 2.52. The Labute approximate surface area is 113 Å². The first kappa shape index (κ1) is 14.1. The van der Waals surface area contributed by atoms with Crippen molar-refractivity contribution in [1.82, 2.24) is 14.8 Å². The molecule has 0 aromatic carbocycles. The Morgan fingerprint density at radius 3 is 2.79 bits per heavy atom. The largest absolute Gasteiger partial charge is 0.381 e. The van der Waals surface area contributed by atoms with Crippen molar-refractivity contribution >= 4 is 5.78 Å². The number of nitrogens with two attached hydrogens (primary N) is 1. The molecule has 0 radical (unpaired) electrons. The molecule has 0 amide bonds. The van der Waals surface area contributed by atoms with E-state index in [1.807, 2.05) is 13.8 Å². The molecule has 1 aliphatic heterocycles. The zero-order valence-electron chi connectivity index (χ0n) is 11.6. The normalized spacial score (nSPS) is 18.7. The summed E-state index contributed by atoms with van der Waals surface area (Å²) in [6, 6.07) is 0.203. The first-order valence-electron chi connectivity index (χ1n) is 6.78. The third-order valence-corrected chi connectivity index (χ3v) is 3.89. The van der Waals surface area contributed by atoms with E-state index in [2.05, 4.69) is 10.1 Å². The third-order valence-electron chi connectivity index (χ3n) is 3.89. The first-order chi connectivity index (χ1) is 9.09. The smallest absolute Gasteiger partial charge is 0.148 e. The number of nitrogens with zero attached hydrogens (tertiary/aromatic N) is 3. The number of aromatic nitrogens is 3. The van der Waals surface area contributed by atoms with Gasteiger partial charge in [0, 0.05) is 31.2 Å². The van der Waals surface area contributed by atoms with Crippen molar-refractivity contribution in [2.45, 2.75) is 39.2 Å². The number of ketones is 1. The molecule has 1 saturated heterocycles. The molecule has 1 aromatic rings. The van der Waals surface area contributed by atoms with Gasteiger partial charge in [0.25, 0.3) is 0 Å². The van der Waals surface area contributed by atoms with Crippen molar-refractivity contribution in [1.29, 1.82) is 0 Å². The zero-order valence-corrected chi connectivity index (χ0v) is 11.6. The van der Waals surface area contributed by atoms with E-state index in [1.165, 1.54) is 6.33 Å². The van der Waals surface area contributed by atoms with Gasteiger partial charge >= 0.3 is 0 Å². The first-order valence-corrected chi connectivity index (χ1v) is 6.78. The van der Waals surface area contributed by atoms with Gasteiger partial charge in [-0.3, -0.25) is 4.79 Å². The maximum absolute atomic E-state index is 12.6. The molecule has 0 atom stereocenters. The number of carbonyl (C=O) groups excluding carboxylic acids is 1. The van der Waals surface area contributed by atoms with Crippen LogP contribution in [0.4, 0.5) is 0 Å². The number of ether oxygens (including phenoxy) is 1. The summed E-state index contributed by atoms with van der Waals surface area (Å²) in [6.07, 6.45) is 3.22. The van der Waals surface area contributed by atoms with E-state index >= 15 is 0 Å². The molecule has 106 valence electrons. The van der Waals surface area contributed by atoms with E-state index in [0.717, 1.165) is 5.82 Å². The number of carbonyl (C=O) groups is 1. The van der Waals surface area contributed by atoms with Gasteiger partial charge in [0.05, 0.1) is 6.42 Å². The van der Waals surface area contributed by atoms with Crippen LogP contribution in [0.2, 0.25) is 0 Å². The Balaban J connectivity index is 2.13. The van der Waals surface area contributed by atoms with Crippen LogP contribution in [0, 0.1) is 5.41 Å². The monoisotopic (exact) mass is 266 g/mol. The molecule has 1 aliphatic rings. The molecular formula is C13H22N4O2. The van der Waals surface area contributed by atoms with Gasteiger partial charge in [-0.25, -0.2) is 9.67 Å². The molecule has 0 bridgehead atoms. The number of hydrogen-bond donors (Lipinski definition) is 1. The summed E-state index contributed by atoms with van der Waals surface area (Å²) in [5, 5.41) is 4.16. The zero-order chi connectivity index (χ0) is 13.9. The third kappa shape index (κ3) is 2.84. The molecule has 1 fully saturated rings. The van der Waals surface area contributed by atoms with Crippen LogP contribution in [0.1, 0.15) is 38.6 Å². The maximum atomic E-state index is 12.6. The number of Topliss-reactive ketones (excluding diaryl/α,β-unsaturated/α-hetero) is 1. The van der Waals surface area contributed by atoms with Gasteiger partial charge in [-0.05, 0) is 26.7 Å². The maximum Gasteiger partial charge on any atom is 0.148 e. The van der Waals surface area contributed by atoms with Gasteiger partial charge in [-0.1, -0.05) is 0 Å². The van der Waals surface area contributed by atoms with E-state index in [0.29, 0.717) is 39.0 Å². The molecule has 6 heteroatoms. The van der Waals surface area contributed by atoms with E-state index in [1.54, 1.807) is 4.68 Å². The van der Waals surface area contributed by atoms with E-state index in [-0.39, 0.29) is 11.8 Å². The van der Waals surface area contributed by atoms with Crippen LogP contribution in [0.3, 0.4) is 0 Å². The highest BCUT2D eigenvalue weighted by molar-refractivity contribution is 5.86. The van der Waals surface area contributed by atoms with Crippen molar-refractivity contribution in [3.63, 3.8) is 0 Å². The predicted molar refractivity (Wildman–Crippen MR) is 70.7 cm³/mol. The highest BCUT2D eigenvalue weighted by Crippen LogP contribution is 2.31. The van der Waals surface area contributed by atoms with Crippen LogP contribution in [-0.4, -0.2) is 40.3 Å². The van der Waals surface area contributed by atoms with Crippen LogP contribution in [0.15, 0.2) is 6.33 Å². The Kier molecular flexibility index (Phi) is 4.31. The summed E-state index contributed by atoms with van der Waals surface area (Å²) in [7, 11) is 0. The fraction of sp³-hybridized carbons (Fsp3) is 0.769. The summed E-state index contributed by atoms with van der Waals surface area (Å²) in [5.74, 6) is 0.882.